The minimum absolute atomic E-state index is 0.0418. The molecule has 1 aliphatic rings. The number of carboxylic acids is 1. The Morgan fingerprint density at radius 2 is 2.27 bits per heavy atom. The molecule has 120 valence electrons. The number of likely N-dealkylation sites (tertiary alicyclic amines) is 1. The molecular formula is C15H19ClN2O4. The third-order valence-corrected chi connectivity index (χ3v) is 4.24. The summed E-state index contributed by atoms with van der Waals surface area (Å²) in [5, 5.41) is 20.2. The normalized spacial score (nSPS) is 19.0. The molecular weight excluding hydrogens is 308 g/mol. The van der Waals surface area contributed by atoms with E-state index in [-0.39, 0.29) is 12.1 Å². The lowest BCUT2D eigenvalue weighted by molar-refractivity contribution is -0.385. The monoisotopic (exact) mass is 326 g/mol. The Bertz CT molecular complexity index is 564. The smallest absolute Gasteiger partial charge is 0.303 e. The number of hydrogen-bond donors (Lipinski definition) is 1. The molecule has 6 nitrogen and oxygen atoms in total. The Morgan fingerprint density at radius 3 is 2.95 bits per heavy atom. The fraction of sp³-hybridized carbons (Fsp3) is 0.533. The van der Waals surface area contributed by atoms with Crippen LogP contribution in [0.15, 0.2) is 18.2 Å². The number of carboxylic acid groups (broad SMARTS) is 1. The summed E-state index contributed by atoms with van der Waals surface area (Å²) in [6.45, 7) is 2.16. The second kappa shape index (κ2) is 7.56. The van der Waals surface area contributed by atoms with Crippen molar-refractivity contribution < 1.29 is 14.8 Å². The van der Waals surface area contributed by atoms with Gasteiger partial charge in [0.2, 0.25) is 0 Å². The number of rotatable bonds is 6. The van der Waals surface area contributed by atoms with Crippen molar-refractivity contribution >= 4 is 23.3 Å². The van der Waals surface area contributed by atoms with Crippen LogP contribution in [-0.4, -0.2) is 34.0 Å². The Morgan fingerprint density at radius 1 is 1.50 bits per heavy atom. The largest absolute Gasteiger partial charge is 0.481 e. The van der Waals surface area contributed by atoms with Gasteiger partial charge in [-0.2, -0.15) is 0 Å². The summed E-state index contributed by atoms with van der Waals surface area (Å²) < 4.78 is 0. The zero-order valence-corrected chi connectivity index (χ0v) is 13.0. The lowest BCUT2D eigenvalue weighted by Crippen LogP contribution is -2.35. The van der Waals surface area contributed by atoms with Crippen molar-refractivity contribution in [3.63, 3.8) is 0 Å². The first-order valence-electron chi connectivity index (χ1n) is 7.32. The number of halogens is 1. The van der Waals surface area contributed by atoms with Gasteiger partial charge in [0, 0.05) is 36.2 Å². The Balaban J connectivity index is 2.01. The molecule has 1 aromatic carbocycles. The average Bonchev–Trinajstić information content (AvgIpc) is 2.47. The van der Waals surface area contributed by atoms with Crippen molar-refractivity contribution in [1.29, 1.82) is 0 Å². The zero-order valence-electron chi connectivity index (χ0n) is 12.2. The minimum atomic E-state index is -0.773. The summed E-state index contributed by atoms with van der Waals surface area (Å²) in [5.74, 6) is -0.429. The van der Waals surface area contributed by atoms with Gasteiger partial charge in [-0.3, -0.25) is 19.8 Å². The second-order valence-electron chi connectivity index (χ2n) is 5.71. The zero-order chi connectivity index (χ0) is 16.1. The maximum atomic E-state index is 11.1. The lowest BCUT2D eigenvalue weighted by atomic mass is 9.93. The molecule has 22 heavy (non-hydrogen) atoms. The van der Waals surface area contributed by atoms with Crippen LogP contribution in [0.3, 0.4) is 0 Å². The van der Waals surface area contributed by atoms with Gasteiger partial charge in [-0.15, -0.1) is 0 Å². The van der Waals surface area contributed by atoms with Crippen LogP contribution < -0.4 is 0 Å². The van der Waals surface area contributed by atoms with Crippen LogP contribution in [0.25, 0.3) is 0 Å². The predicted octanol–water partition coefficient (Wildman–Crippen LogP) is 3.33. The lowest BCUT2D eigenvalue weighted by Gasteiger charge is -2.32. The number of aliphatic carboxylic acids is 1. The molecule has 1 heterocycles. The first-order chi connectivity index (χ1) is 10.5. The van der Waals surface area contributed by atoms with Crippen LogP contribution in [0.1, 0.15) is 31.2 Å². The van der Waals surface area contributed by atoms with Gasteiger partial charge in [-0.25, -0.2) is 0 Å². The number of nitrogens with zero attached hydrogens (tertiary/aromatic N) is 2. The van der Waals surface area contributed by atoms with E-state index >= 15 is 0 Å². The van der Waals surface area contributed by atoms with Crippen molar-refractivity contribution in [2.24, 2.45) is 5.92 Å². The van der Waals surface area contributed by atoms with Gasteiger partial charge in [0.1, 0.15) is 0 Å². The molecule has 1 fully saturated rings. The molecule has 0 saturated carbocycles. The fourth-order valence-corrected chi connectivity index (χ4v) is 3.11. The van der Waals surface area contributed by atoms with E-state index in [1.54, 1.807) is 12.1 Å². The molecule has 1 saturated heterocycles. The van der Waals surface area contributed by atoms with Gasteiger partial charge in [0.15, 0.2) is 0 Å². The molecule has 0 aliphatic carbocycles. The minimum Gasteiger partial charge on any atom is -0.481 e. The Kier molecular flexibility index (Phi) is 5.74. The maximum Gasteiger partial charge on any atom is 0.303 e. The number of nitro benzene ring substituents is 1. The maximum absolute atomic E-state index is 11.1. The first-order valence-corrected chi connectivity index (χ1v) is 7.70. The molecule has 0 bridgehead atoms. The fourth-order valence-electron chi connectivity index (χ4n) is 2.94. The topological polar surface area (TPSA) is 83.7 Å². The highest BCUT2D eigenvalue weighted by Crippen LogP contribution is 2.27. The first kappa shape index (κ1) is 16.7. The molecule has 1 atom stereocenters. The van der Waals surface area contributed by atoms with E-state index in [1.165, 1.54) is 6.07 Å². The van der Waals surface area contributed by atoms with E-state index in [4.69, 9.17) is 16.7 Å². The van der Waals surface area contributed by atoms with Crippen LogP contribution in [-0.2, 0) is 11.3 Å². The number of piperidine rings is 1. The summed E-state index contributed by atoms with van der Waals surface area (Å²) in [6, 6.07) is 4.74. The van der Waals surface area contributed by atoms with Gasteiger partial charge in [-0.05, 0) is 43.9 Å². The highest BCUT2D eigenvalue weighted by atomic mass is 35.5. The van der Waals surface area contributed by atoms with Crippen LogP contribution in [0, 0.1) is 16.0 Å². The van der Waals surface area contributed by atoms with Crippen molar-refractivity contribution in [1.82, 2.24) is 4.90 Å². The average molecular weight is 327 g/mol. The molecule has 1 aromatic rings. The third-order valence-electron chi connectivity index (χ3n) is 4.01. The van der Waals surface area contributed by atoms with Gasteiger partial charge in [-0.1, -0.05) is 11.6 Å². The van der Waals surface area contributed by atoms with Crippen molar-refractivity contribution in [2.45, 2.75) is 32.2 Å². The van der Waals surface area contributed by atoms with Crippen molar-refractivity contribution in [2.75, 3.05) is 13.1 Å². The van der Waals surface area contributed by atoms with E-state index in [0.29, 0.717) is 29.5 Å². The molecule has 0 radical (unpaired) electrons. The number of hydrogen-bond acceptors (Lipinski definition) is 4. The summed E-state index contributed by atoms with van der Waals surface area (Å²) in [7, 11) is 0. The standard InChI is InChI=1S/C15H19ClN2O4/c16-13-5-4-12(14(8-13)18(21)22)10-17-7-1-2-11(9-17)3-6-15(19)20/h4-5,8,11H,1-3,6-7,9-10H2,(H,19,20). The molecule has 0 aromatic heterocycles. The van der Waals surface area contributed by atoms with Crippen LogP contribution in [0.2, 0.25) is 5.02 Å². The van der Waals surface area contributed by atoms with Gasteiger partial charge >= 0.3 is 5.97 Å². The van der Waals surface area contributed by atoms with E-state index in [9.17, 15) is 14.9 Å². The SMILES string of the molecule is O=C(O)CCC1CCCN(Cc2ccc(Cl)cc2[N+](=O)[O-])C1. The van der Waals surface area contributed by atoms with E-state index in [2.05, 4.69) is 4.90 Å². The molecule has 7 heteroatoms. The van der Waals surface area contributed by atoms with E-state index < -0.39 is 10.9 Å². The number of carbonyl (C=O) groups is 1. The van der Waals surface area contributed by atoms with Crippen LogP contribution in [0.4, 0.5) is 5.69 Å². The molecule has 1 unspecified atom stereocenters. The Labute approximate surface area is 133 Å². The molecule has 1 aliphatic heterocycles. The number of benzene rings is 1. The number of nitro groups is 1. The van der Waals surface area contributed by atoms with Crippen molar-refractivity contribution in [3.8, 4) is 0 Å². The summed E-state index contributed by atoms with van der Waals surface area (Å²) in [5.41, 5.74) is 0.688. The second-order valence-corrected chi connectivity index (χ2v) is 6.14. The van der Waals surface area contributed by atoms with E-state index in [1.807, 2.05) is 0 Å². The summed E-state index contributed by atoms with van der Waals surface area (Å²) in [6.07, 6.45) is 2.85. The van der Waals surface area contributed by atoms with Crippen molar-refractivity contribution in [3.05, 3.63) is 38.9 Å². The van der Waals surface area contributed by atoms with Gasteiger partial charge in [0.05, 0.1) is 4.92 Å². The molecule has 0 spiro atoms. The van der Waals surface area contributed by atoms with Gasteiger partial charge < -0.3 is 5.11 Å². The molecule has 2 rings (SSSR count). The van der Waals surface area contributed by atoms with Crippen LogP contribution in [0.5, 0.6) is 0 Å². The van der Waals surface area contributed by atoms with Crippen LogP contribution >= 0.6 is 11.6 Å². The highest BCUT2D eigenvalue weighted by Gasteiger charge is 2.23. The summed E-state index contributed by atoms with van der Waals surface area (Å²) >= 11 is 5.82. The van der Waals surface area contributed by atoms with E-state index in [0.717, 1.165) is 25.9 Å². The molecule has 0 amide bonds. The predicted molar refractivity (Wildman–Crippen MR) is 83.0 cm³/mol. The Hall–Kier alpha value is -1.66. The summed E-state index contributed by atoms with van der Waals surface area (Å²) in [4.78, 5) is 23.5. The molecule has 1 N–H and O–H groups in total. The third kappa shape index (κ3) is 4.68. The van der Waals surface area contributed by atoms with Gasteiger partial charge in [0.25, 0.3) is 5.69 Å². The highest BCUT2D eigenvalue weighted by molar-refractivity contribution is 6.30. The quantitative estimate of drug-likeness (QED) is 0.640.